The predicted octanol–water partition coefficient (Wildman–Crippen LogP) is 3.72. The lowest BCUT2D eigenvalue weighted by atomic mass is 10.1. The van der Waals surface area contributed by atoms with Crippen LogP contribution in [0.25, 0.3) is 0 Å². The molecule has 1 atom stereocenters. The molecular formula is C15H14BrNO2S. The fourth-order valence-electron chi connectivity index (χ4n) is 2.29. The molecule has 1 aromatic heterocycles. The minimum absolute atomic E-state index is 0.0303. The molecule has 1 saturated heterocycles. The second-order valence-corrected chi connectivity index (χ2v) is 7.09. The molecule has 1 aliphatic rings. The summed E-state index contributed by atoms with van der Waals surface area (Å²) in [7, 11) is 0. The van der Waals surface area contributed by atoms with Crippen LogP contribution < -0.4 is 0 Å². The van der Waals surface area contributed by atoms with E-state index in [1.807, 2.05) is 47.4 Å². The van der Waals surface area contributed by atoms with Crippen molar-refractivity contribution < 1.29 is 9.53 Å². The SMILES string of the molecule is O=C(c1ccc(Br)s1)N1CCOC(c2ccccc2)C1. The number of thiophene rings is 1. The molecule has 2 heterocycles. The number of halogens is 1. The van der Waals surface area contributed by atoms with Gasteiger partial charge in [0.05, 0.1) is 21.8 Å². The zero-order valence-electron chi connectivity index (χ0n) is 10.8. The molecule has 0 aliphatic carbocycles. The number of carbonyl (C=O) groups is 1. The third-order valence-electron chi connectivity index (χ3n) is 3.31. The van der Waals surface area contributed by atoms with Crippen molar-refractivity contribution in [3.63, 3.8) is 0 Å². The first-order valence-electron chi connectivity index (χ1n) is 6.45. The lowest BCUT2D eigenvalue weighted by molar-refractivity contribution is -0.0226. The van der Waals surface area contributed by atoms with Gasteiger partial charge in [-0.05, 0) is 33.6 Å². The van der Waals surface area contributed by atoms with Gasteiger partial charge >= 0.3 is 0 Å². The third-order valence-corrected chi connectivity index (χ3v) is 4.92. The average Bonchev–Trinajstić information content (AvgIpc) is 2.94. The first kappa shape index (κ1) is 13.8. The van der Waals surface area contributed by atoms with E-state index in [4.69, 9.17) is 4.74 Å². The molecule has 0 saturated carbocycles. The Hall–Kier alpha value is -1.17. The fourth-order valence-corrected chi connectivity index (χ4v) is 3.64. The smallest absolute Gasteiger partial charge is 0.264 e. The molecular weight excluding hydrogens is 338 g/mol. The van der Waals surface area contributed by atoms with Gasteiger partial charge in [0.1, 0.15) is 6.10 Å². The maximum Gasteiger partial charge on any atom is 0.264 e. The quantitative estimate of drug-likeness (QED) is 0.824. The van der Waals surface area contributed by atoms with Crippen molar-refractivity contribution in [1.82, 2.24) is 4.90 Å². The molecule has 104 valence electrons. The van der Waals surface area contributed by atoms with E-state index in [0.717, 1.165) is 14.2 Å². The number of hydrogen-bond acceptors (Lipinski definition) is 3. The Balaban J connectivity index is 1.74. The van der Waals surface area contributed by atoms with Crippen LogP contribution in [0.1, 0.15) is 21.3 Å². The molecule has 2 aromatic rings. The van der Waals surface area contributed by atoms with Crippen LogP contribution in [0.5, 0.6) is 0 Å². The number of nitrogens with zero attached hydrogens (tertiary/aromatic N) is 1. The van der Waals surface area contributed by atoms with Crippen molar-refractivity contribution in [2.24, 2.45) is 0 Å². The standard InChI is InChI=1S/C15H14BrNO2S/c16-14-7-6-13(20-14)15(18)17-8-9-19-12(10-17)11-4-2-1-3-5-11/h1-7,12H,8-10H2. The van der Waals surface area contributed by atoms with E-state index in [1.165, 1.54) is 11.3 Å². The van der Waals surface area contributed by atoms with Crippen LogP contribution >= 0.6 is 27.3 Å². The van der Waals surface area contributed by atoms with Gasteiger partial charge in [-0.1, -0.05) is 30.3 Å². The van der Waals surface area contributed by atoms with Crippen LogP contribution in [0.2, 0.25) is 0 Å². The van der Waals surface area contributed by atoms with Crippen molar-refractivity contribution in [3.05, 3.63) is 56.7 Å². The highest BCUT2D eigenvalue weighted by Gasteiger charge is 2.26. The molecule has 1 unspecified atom stereocenters. The summed E-state index contributed by atoms with van der Waals surface area (Å²) in [4.78, 5) is 15.1. The summed E-state index contributed by atoms with van der Waals surface area (Å²) in [6.45, 7) is 1.84. The molecule has 1 fully saturated rings. The van der Waals surface area contributed by atoms with Crippen LogP contribution in [-0.2, 0) is 4.74 Å². The highest BCUT2D eigenvalue weighted by Crippen LogP contribution is 2.26. The van der Waals surface area contributed by atoms with E-state index in [1.54, 1.807) is 0 Å². The second kappa shape index (κ2) is 6.08. The number of amides is 1. The van der Waals surface area contributed by atoms with Gasteiger partial charge in [0, 0.05) is 6.54 Å². The van der Waals surface area contributed by atoms with Crippen LogP contribution in [0, 0.1) is 0 Å². The van der Waals surface area contributed by atoms with Gasteiger partial charge in [-0.25, -0.2) is 0 Å². The summed E-state index contributed by atoms with van der Waals surface area (Å²) >= 11 is 4.87. The Labute approximate surface area is 130 Å². The molecule has 0 N–H and O–H groups in total. The van der Waals surface area contributed by atoms with Crippen LogP contribution in [0.3, 0.4) is 0 Å². The molecule has 1 amide bonds. The first-order chi connectivity index (χ1) is 9.74. The minimum Gasteiger partial charge on any atom is -0.370 e. The van der Waals surface area contributed by atoms with Crippen molar-refractivity contribution >= 4 is 33.2 Å². The predicted molar refractivity (Wildman–Crippen MR) is 83.1 cm³/mol. The summed E-state index contributed by atoms with van der Waals surface area (Å²) < 4.78 is 6.77. The van der Waals surface area contributed by atoms with Gasteiger partial charge < -0.3 is 9.64 Å². The number of benzene rings is 1. The molecule has 3 nitrogen and oxygen atoms in total. The molecule has 0 bridgehead atoms. The van der Waals surface area contributed by atoms with E-state index < -0.39 is 0 Å². The Morgan fingerprint density at radius 1 is 1.25 bits per heavy atom. The molecule has 1 aliphatic heterocycles. The summed E-state index contributed by atoms with van der Waals surface area (Å²) in [6, 6.07) is 13.8. The molecule has 5 heteroatoms. The Kier molecular flexibility index (Phi) is 4.19. The van der Waals surface area contributed by atoms with Crippen LogP contribution in [-0.4, -0.2) is 30.5 Å². The zero-order chi connectivity index (χ0) is 13.9. The van der Waals surface area contributed by atoms with Gasteiger partial charge in [-0.2, -0.15) is 0 Å². The molecule has 0 spiro atoms. The van der Waals surface area contributed by atoms with Crippen LogP contribution in [0.4, 0.5) is 0 Å². The van der Waals surface area contributed by atoms with E-state index in [2.05, 4.69) is 15.9 Å². The fraction of sp³-hybridized carbons (Fsp3) is 0.267. The third kappa shape index (κ3) is 2.95. The van der Waals surface area contributed by atoms with E-state index in [0.29, 0.717) is 19.7 Å². The topological polar surface area (TPSA) is 29.5 Å². The summed E-state index contributed by atoms with van der Waals surface area (Å²) in [6.07, 6.45) is -0.0303. The molecule has 1 aromatic carbocycles. The summed E-state index contributed by atoms with van der Waals surface area (Å²) in [5.74, 6) is 0.0879. The number of morpholine rings is 1. The van der Waals surface area contributed by atoms with E-state index in [-0.39, 0.29) is 12.0 Å². The molecule has 0 radical (unpaired) electrons. The van der Waals surface area contributed by atoms with Gasteiger partial charge in [-0.3, -0.25) is 4.79 Å². The molecule has 3 rings (SSSR count). The van der Waals surface area contributed by atoms with Gasteiger partial charge in [0.2, 0.25) is 0 Å². The van der Waals surface area contributed by atoms with Gasteiger partial charge in [0.25, 0.3) is 5.91 Å². The van der Waals surface area contributed by atoms with Crippen molar-refractivity contribution in [3.8, 4) is 0 Å². The Morgan fingerprint density at radius 3 is 2.75 bits per heavy atom. The van der Waals surface area contributed by atoms with E-state index >= 15 is 0 Å². The first-order valence-corrected chi connectivity index (χ1v) is 8.06. The zero-order valence-corrected chi connectivity index (χ0v) is 13.2. The lowest BCUT2D eigenvalue weighted by Gasteiger charge is -2.33. The Bertz CT molecular complexity index is 599. The maximum absolute atomic E-state index is 12.4. The minimum atomic E-state index is -0.0303. The highest BCUT2D eigenvalue weighted by atomic mass is 79.9. The normalized spacial score (nSPS) is 19.1. The number of ether oxygens (including phenoxy) is 1. The number of hydrogen-bond donors (Lipinski definition) is 0. The second-order valence-electron chi connectivity index (χ2n) is 4.63. The lowest BCUT2D eigenvalue weighted by Crippen LogP contribution is -2.42. The highest BCUT2D eigenvalue weighted by molar-refractivity contribution is 9.11. The average molecular weight is 352 g/mol. The number of rotatable bonds is 2. The molecule has 20 heavy (non-hydrogen) atoms. The summed E-state index contributed by atoms with van der Waals surface area (Å²) in [5, 5.41) is 0. The van der Waals surface area contributed by atoms with E-state index in [9.17, 15) is 4.79 Å². The van der Waals surface area contributed by atoms with Crippen LogP contribution in [0.15, 0.2) is 46.3 Å². The Morgan fingerprint density at radius 2 is 2.05 bits per heavy atom. The number of carbonyl (C=O) groups excluding carboxylic acids is 1. The van der Waals surface area contributed by atoms with Gasteiger partial charge in [0.15, 0.2) is 0 Å². The van der Waals surface area contributed by atoms with Gasteiger partial charge in [-0.15, -0.1) is 11.3 Å². The van der Waals surface area contributed by atoms with Crippen molar-refractivity contribution in [1.29, 1.82) is 0 Å². The largest absolute Gasteiger partial charge is 0.370 e. The van der Waals surface area contributed by atoms with Crippen molar-refractivity contribution in [2.45, 2.75) is 6.10 Å². The van der Waals surface area contributed by atoms with Crippen molar-refractivity contribution in [2.75, 3.05) is 19.7 Å². The summed E-state index contributed by atoms with van der Waals surface area (Å²) in [5.41, 5.74) is 1.12. The monoisotopic (exact) mass is 351 g/mol. The maximum atomic E-state index is 12.4.